The smallest absolute Gasteiger partial charge is 0.239 e. The summed E-state index contributed by atoms with van der Waals surface area (Å²) >= 11 is 0. The Morgan fingerprint density at radius 3 is 2.81 bits per heavy atom. The van der Waals surface area contributed by atoms with Crippen molar-refractivity contribution in [1.82, 2.24) is 30.6 Å². The average Bonchev–Trinajstić information content (AvgIpc) is 3.23. The third-order valence-electron chi connectivity index (χ3n) is 4.85. The molecule has 2 aromatic heterocycles. The molecule has 0 spiro atoms. The van der Waals surface area contributed by atoms with E-state index >= 15 is 0 Å². The van der Waals surface area contributed by atoms with Gasteiger partial charge in [0.2, 0.25) is 11.8 Å². The topological polar surface area (TPSA) is 184 Å². The van der Waals surface area contributed by atoms with Gasteiger partial charge in [-0.1, -0.05) is 0 Å². The highest BCUT2D eigenvalue weighted by atomic mass is 16.5. The summed E-state index contributed by atoms with van der Waals surface area (Å²) in [5.74, 6) is -0.489. The van der Waals surface area contributed by atoms with Crippen molar-refractivity contribution in [2.45, 2.75) is 50.8 Å². The van der Waals surface area contributed by atoms with E-state index in [9.17, 15) is 19.8 Å². The second-order valence-electron chi connectivity index (χ2n) is 7.03. The summed E-state index contributed by atoms with van der Waals surface area (Å²) in [6.07, 6.45) is -1.41. The van der Waals surface area contributed by atoms with Crippen molar-refractivity contribution in [3.05, 3.63) is 12.7 Å². The Balaban J connectivity index is 1.54. The van der Waals surface area contributed by atoms with E-state index in [1.165, 1.54) is 12.7 Å². The number of fused-ring (bicyclic) bond motifs is 1. The first-order chi connectivity index (χ1) is 14.9. The largest absolute Gasteiger partial charge is 0.388 e. The Labute approximate surface area is 178 Å². The van der Waals surface area contributed by atoms with Crippen LogP contribution in [0, 0.1) is 0 Å². The van der Waals surface area contributed by atoms with Gasteiger partial charge in [0.15, 0.2) is 17.7 Å². The summed E-state index contributed by atoms with van der Waals surface area (Å²) < 4.78 is 10.9. The second kappa shape index (κ2) is 10.4. The van der Waals surface area contributed by atoms with E-state index in [1.54, 1.807) is 6.92 Å². The molecule has 13 nitrogen and oxygen atoms in total. The highest BCUT2D eigenvalue weighted by molar-refractivity contribution is 5.85. The van der Waals surface area contributed by atoms with Gasteiger partial charge in [0.1, 0.15) is 24.1 Å². The SMILES string of the molecule is CCOCCC(=O)NCC(=O)N[C@@H]1[C@@H](O)[C@H](O)[C@@H](Nc2ncnc3nc[nH]c23)O[C@H]1C. The minimum Gasteiger partial charge on any atom is -0.388 e. The minimum absolute atomic E-state index is 0.144. The lowest BCUT2D eigenvalue weighted by Gasteiger charge is -2.42. The molecule has 5 atom stereocenters. The standard InChI is InChI=1S/C18H27N7O6/c1-3-30-5-4-10(26)19-6-11(27)24-12-9(2)31-18(15(29)14(12)28)25-17-13-16(21-7-20-13)22-8-23-17/h7-9,12,14-15,18,28-29H,3-6H2,1-2H3,(H,19,26)(H,24,27)(H2,20,21,22,23,25)/t9-,12-,14+,15-,18-/m0/s1. The van der Waals surface area contributed by atoms with Gasteiger partial charge in [0.25, 0.3) is 0 Å². The number of rotatable bonds is 9. The number of carbonyl (C=O) groups is 2. The van der Waals surface area contributed by atoms with E-state index in [0.29, 0.717) is 23.6 Å². The summed E-state index contributed by atoms with van der Waals surface area (Å²) in [6, 6.07) is -0.876. The number of aliphatic hydroxyl groups excluding tert-OH is 2. The van der Waals surface area contributed by atoms with Crippen molar-refractivity contribution in [2.75, 3.05) is 25.1 Å². The highest BCUT2D eigenvalue weighted by Gasteiger charge is 2.43. The fourth-order valence-corrected chi connectivity index (χ4v) is 3.21. The predicted molar refractivity (Wildman–Crippen MR) is 108 cm³/mol. The van der Waals surface area contributed by atoms with Crippen LogP contribution in [0.3, 0.4) is 0 Å². The number of imidazole rings is 1. The maximum atomic E-state index is 12.2. The fraction of sp³-hybridized carbons (Fsp3) is 0.611. The van der Waals surface area contributed by atoms with Crippen LogP contribution in [0.25, 0.3) is 11.2 Å². The molecule has 3 rings (SSSR count). The first-order valence-corrected chi connectivity index (χ1v) is 9.96. The van der Waals surface area contributed by atoms with Crippen molar-refractivity contribution in [3.8, 4) is 0 Å². The van der Waals surface area contributed by atoms with Crippen LogP contribution in [0.1, 0.15) is 20.3 Å². The molecule has 0 radical (unpaired) electrons. The highest BCUT2D eigenvalue weighted by Crippen LogP contribution is 2.24. The van der Waals surface area contributed by atoms with Crippen molar-refractivity contribution in [2.24, 2.45) is 0 Å². The molecule has 6 N–H and O–H groups in total. The zero-order valence-electron chi connectivity index (χ0n) is 17.2. The number of hydrogen-bond donors (Lipinski definition) is 6. The molecule has 0 saturated carbocycles. The van der Waals surface area contributed by atoms with Gasteiger partial charge in [-0.05, 0) is 13.8 Å². The number of anilines is 1. The number of ether oxygens (including phenoxy) is 2. The Kier molecular flexibility index (Phi) is 7.68. The van der Waals surface area contributed by atoms with Gasteiger partial charge in [-0.3, -0.25) is 9.59 Å². The van der Waals surface area contributed by atoms with Gasteiger partial charge in [0, 0.05) is 13.0 Å². The molecular weight excluding hydrogens is 410 g/mol. The Morgan fingerprint density at radius 1 is 1.23 bits per heavy atom. The van der Waals surface area contributed by atoms with Crippen LogP contribution in [0.4, 0.5) is 5.82 Å². The van der Waals surface area contributed by atoms with E-state index in [2.05, 4.69) is 35.9 Å². The quantitative estimate of drug-likeness (QED) is 0.246. The molecule has 0 bridgehead atoms. The normalized spacial score (nSPS) is 25.9. The van der Waals surface area contributed by atoms with E-state index < -0.39 is 36.5 Å². The molecular formula is C18H27N7O6. The summed E-state index contributed by atoms with van der Waals surface area (Å²) in [6.45, 7) is 3.99. The molecule has 31 heavy (non-hydrogen) atoms. The molecule has 170 valence electrons. The number of nitrogens with one attached hydrogen (secondary N) is 4. The molecule has 2 amide bonds. The molecule has 1 saturated heterocycles. The number of aromatic nitrogens is 4. The first-order valence-electron chi connectivity index (χ1n) is 9.96. The number of H-pyrrole nitrogens is 1. The lowest BCUT2D eigenvalue weighted by molar-refractivity contribution is -0.172. The van der Waals surface area contributed by atoms with Crippen molar-refractivity contribution >= 4 is 28.8 Å². The van der Waals surface area contributed by atoms with Gasteiger partial charge < -0.3 is 40.6 Å². The molecule has 2 aromatic rings. The third-order valence-corrected chi connectivity index (χ3v) is 4.85. The fourth-order valence-electron chi connectivity index (χ4n) is 3.21. The van der Waals surface area contributed by atoms with Crippen molar-refractivity contribution < 1.29 is 29.3 Å². The summed E-state index contributed by atoms with van der Waals surface area (Å²) in [7, 11) is 0. The lowest BCUT2D eigenvalue weighted by atomic mass is 9.96. The van der Waals surface area contributed by atoms with Gasteiger partial charge >= 0.3 is 0 Å². The first kappa shape index (κ1) is 22.8. The number of aliphatic hydroxyl groups is 2. The van der Waals surface area contributed by atoms with Gasteiger partial charge in [-0.15, -0.1) is 0 Å². The van der Waals surface area contributed by atoms with Crippen LogP contribution < -0.4 is 16.0 Å². The average molecular weight is 437 g/mol. The van der Waals surface area contributed by atoms with Crippen molar-refractivity contribution in [1.29, 1.82) is 0 Å². The van der Waals surface area contributed by atoms with Crippen LogP contribution in [-0.2, 0) is 19.1 Å². The summed E-state index contributed by atoms with van der Waals surface area (Å²) in [4.78, 5) is 38.9. The molecule has 0 aromatic carbocycles. The minimum atomic E-state index is -1.37. The number of carbonyl (C=O) groups excluding carboxylic acids is 2. The van der Waals surface area contributed by atoms with Crippen LogP contribution in [0.15, 0.2) is 12.7 Å². The Bertz CT molecular complexity index is 893. The molecule has 0 aliphatic carbocycles. The predicted octanol–water partition coefficient (Wildman–Crippen LogP) is -1.74. The maximum absolute atomic E-state index is 12.2. The monoisotopic (exact) mass is 437 g/mol. The number of hydrogen-bond acceptors (Lipinski definition) is 10. The van der Waals surface area contributed by atoms with Crippen LogP contribution in [-0.4, -0.2) is 92.3 Å². The lowest BCUT2D eigenvalue weighted by Crippen LogP contribution is -2.64. The Hall–Kier alpha value is -2.87. The van der Waals surface area contributed by atoms with E-state index in [1.807, 2.05) is 6.92 Å². The summed E-state index contributed by atoms with van der Waals surface area (Å²) in [5.41, 5.74) is 0.959. The zero-order chi connectivity index (χ0) is 22.4. The number of amides is 2. The van der Waals surface area contributed by atoms with Gasteiger partial charge in [-0.25, -0.2) is 15.0 Å². The zero-order valence-corrected chi connectivity index (χ0v) is 17.2. The van der Waals surface area contributed by atoms with Crippen LogP contribution >= 0.6 is 0 Å². The molecule has 0 unspecified atom stereocenters. The maximum Gasteiger partial charge on any atom is 0.239 e. The third kappa shape index (κ3) is 5.64. The molecule has 1 fully saturated rings. The summed E-state index contributed by atoms with van der Waals surface area (Å²) in [5, 5.41) is 29.1. The van der Waals surface area contributed by atoms with E-state index in [0.717, 1.165) is 0 Å². The van der Waals surface area contributed by atoms with Crippen LogP contribution in [0.5, 0.6) is 0 Å². The van der Waals surface area contributed by atoms with Crippen LogP contribution in [0.2, 0.25) is 0 Å². The number of aromatic amines is 1. The van der Waals surface area contributed by atoms with E-state index in [4.69, 9.17) is 9.47 Å². The van der Waals surface area contributed by atoms with E-state index in [-0.39, 0.29) is 25.5 Å². The molecule has 3 heterocycles. The second-order valence-corrected chi connectivity index (χ2v) is 7.03. The van der Waals surface area contributed by atoms with Crippen molar-refractivity contribution in [3.63, 3.8) is 0 Å². The molecule has 13 heteroatoms. The molecule has 1 aliphatic heterocycles. The van der Waals surface area contributed by atoms with Gasteiger partial charge in [0.05, 0.1) is 31.6 Å². The van der Waals surface area contributed by atoms with Gasteiger partial charge in [-0.2, -0.15) is 0 Å². The Morgan fingerprint density at radius 2 is 2.03 bits per heavy atom. The number of nitrogens with zero attached hydrogens (tertiary/aromatic N) is 3. The molecule has 1 aliphatic rings.